The van der Waals surface area contributed by atoms with Gasteiger partial charge in [0.15, 0.2) is 5.41 Å². The molecule has 5 nitrogen and oxygen atoms in total. The summed E-state index contributed by atoms with van der Waals surface area (Å²) in [6, 6.07) is 13.8. The fraction of sp³-hybridized carbons (Fsp3) is 0.429. The molecule has 6 heteroatoms. The fourth-order valence-corrected chi connectivity index (χ4v) is 4.58. The summed E-state index contributed by atoms with van der Waals surface area (Å²) in [5, 5.41) is 38.8. The molecule has 1 heterocycles. The number of hydrogen-bond acceptors (Lipinski definition) is 5. The van der Waals surface area contributed by atoms with Gasteiger partial charge in [0.1, 0.15) is 5.92 Å². The third kappa shape index (κ3) is 2.83. The van der Waals surface area contributed by atoms with E-state index in [4.69, 9.17) is 17.0 Å². The molecule has 1 aromatic carbocycles. The molecule has 1 unspecified atom stereocenters. The first kappa shape index (κ1) is 19.1. The van der Waals surface area contributed by atoms with Crippen molar-refractivity contribution in [1.29, 1.82) is 21.2 Å². The zero-order chi connectivity index (χ0) is 19.8. The molecule has 1 fully saturated rings. The Morgan fingerprint density at radius 1 is 1.22 bits per heavy atom. The maximum absolute atomic E-state index is 10.0. The standard InChI is InChI=1S/C21H20ClN5/c1-13(2)27-8-7-14-16(9-23)20(26)21(11-24,12-25)19(17(14)10-27)15-5-3-4-6-18(15)22/h3-7,13,16-17,19,26H,8,10H2,1-2H3/t16?,17-,19+/m1/s1. The van der Waals surface area contributed by atoms with Crippen LogP contribution in [0.15, 0.2) is 35.9 Å². The number of benzene rings is 1. The van der Waals surface area contributed by atoms with Gasteiger partial charge in [0.05, 0.1) is 23.9 Å². The Labute approximate surface area is 164 Å². The highest BCUT2D eigenvalue weighted by molar-refractivity contribution is 6.31. The van der Waals surface area contributed by atoms with Crippen molar-refractivity contribution in [2.75, 3.05) is 13.1 Å². The molecule has 136 valence electrons. The summed E-state index contributed by atoms with van der Waals surface area (Å²) < 4.78 is 0. The first-order valence-electron chi connectivity index (χ1n) is 8.90. The van der Waals surface area contributed by atoms with Crippen LogP contribution in [-0.2, 0) is 0 Å². The van der Waals surface area contributed by atoms with Gasteiger partial charge in [-0.05, 0) is 31.1 Å². The number of hydrogen-bond donors (Lipinski definition) is 1. The SMILES string of the molecule is CC(C)N1CC=C2C(C#N)C(=N)C(C#N)(C#N)[C@@H](c3ccccc3Cl)[C@@H]2C1. The molecular weight excluding hydrogens is 358 g/mol. The lowest BCUT2D eigenvalue weighted by Crippen LogP contribution is -2.53. The van der Waals surface area contributed by atoms with Crippen LogP contribution in [0, 0.1) is 56.7 Å². The molecule has 0 aromatic heterocycles. The molecule has 0 amide bonds. The van der Waals surface area contributed by atoms with E-state index in [0.717, 1.165) is 5.57 Å². The number of halogens is 1. The Morgan fingerprint density at radius 2 is 1.89 bits per heavy atom. The summed E-state index contributed by atoms with van der Waals surface area (Å²) in [5.41, 5.74) is -0.330. The Morgan fingerprint density at radius 3 is 2.44 bits per heavy atom. The first-order chi connectivity index (χ1) is 12.9. The maximum Gasteiger partial charge on any atom is 0.189 e. The van der Waals surface area contributed by atoms with Gasteiger partial charge in [0.25, 0.3) is 0 Å². The van der Waals surface area contributed by atoms with Gasteiger partial charge in [-0.1, -0.05) is 35.9 Å². The Hall–Kier alpha value is -2.65. The highest BCUT2D eigenvalue weighted by Crippen LogP contribution is 2.54. The second-order valence-electron chi connectivity index (χ2n) is 7.36. The van der Waals surface area contributed by atoms with Gasteiger partial charge in [0, 0.05) is 36.0 Å². The van der Waals surface area contributed by atoms with Crippen molar-refractivity contribution >= 4 is 17.3 Å². The van der Waals surface area contributed by atoms with Crippen LogP contribution in [0.3, 0.4) is 0 Å². The van der Waals surface area contributed by atoms with Crippen molar-refractivity contribution in [3.05, 3.63) is 46.5 Å². The minimum Gasteiger partial charge on any atom is -0.305 e. The van der Waals surface area contributed by atoms with E-state index in [-0.39, 0.29) is 17.7 Å². The lowest BCUT2D eigenvalue weighted by molar-refractivity contribution is 0.171. The van der Waals surface area contributed by atoms with Crippen molar-refractivity contribution in [3.63, 3.8) is 0 Å². The normalized spacial score (nSPS) is 27.1. The second-order valence-corrected chi connectivity index (χ2v) is 7.77. The monoisotopic (exact) mass is 377 g/mol. The number of rotatable bonds is 2. The lowest BCUT2D eigenvalue weighted by atomic mass is 9.54. The van der Waals surface area contributed by atoms with Crippen molar-refractivity contribution in [3.8, 4) is 18.2 Å². The molecule has 0 bridgehead atoms. The average Bonchev–Trinajstić information content (AvgIpc) is 2.67. The second kappa shape index (κ2) is 7.16. The first-order valence-corrected chi connectivity index (χ1v) is 9.28. The largest absolute Gasteiger partial charge is 0.305 e. The van der Waals surface area contributed by atoms with E-state index in [9.17, 15) is 15.8 Å². The van der Waals surface area contributed by atoms with Crippen LogP contribution >= 0.6 is 11.6 Å². The average molecular weight is 378 g/mol. The quantitative estimate of drug-likeness (QED) is 0.790. The van der Waals surface area contributed by atoms with Gasteiger partial charge in [-0.15, -0.1) is 0 Å². The van der Waals surface area contributed by atoms with Crippen molar-refractivity contribution in [1.82, 2.24) is 4.90 Å². The minimum absolute atomic E-state index is 0.139. The van der Waals surface area contributed by atoms with Crippen LogP contribution in [-0.4, -0.2) is 29.7 Å². The number of nitriles is 3. The van der Waals surface area contributed by atoms with Crippen molar-refractivity contribution < 1.29 is 0 Å². The van der Waals surface area contributed by atoms with Gasteiger partial charge in [-0.3, -0.25) is 4.90 Å². The molecule has 1 saturated carbocycles. The van der Waals surface area contributed by atoms with Gasteiger partial charge < -0.3 is 5.41 Å². The van der Waals surface area contributed by atoms with E-state index in [2.05, 4.69) is 37.0 Å². The summed E-state index contributed by atoms with van der Waals surface area (Å²) in [4.78, 5) is 2.25. The zero-order valence-electron chi connectivity index (χ0n) is 15.3. The topological polar surface area (TPSA) is 98.5 Å². The van der Waals surface area contributed by atoms with Crippen molar-refractivity contribution in [2.24, 2.45) is 17.3 Å². The molecule has 1 aliphatic carbocycles. The van der Waals surface area contributed by atoms with Crippen LogP contribution < -0.4 is 0 Å². The molecular formula is C21H20ClN5. The third-order valence-corrected chi connectivity index (χ3v) is 6.13. The van der Waals surface area contributed by atoms with E-state index < -0.39 is 17.3 Å². The maximum atomic E-state index is 10.0. The summed E-state index contributed by atoms with van der Waals surface area (Å²) in [6.07, 6.45) is 2.00. The Bertz CT molecular complexity index is 913. The van der Waals surface area contributed by atoms with E-state index in [1.807, 2.05) is 18.2 Å². The van der Waals surface area contributed by atoms with Gasteiger partial charge in [-0.2, -0.15) is 15.8 Å². The summed E-state index contributed by atoms with van der Waals surface area (Å²) in [7, 11) is 0. The molecule has 0 spiro atoms. The van der Waals surface area contributed by atoms with Crippen LogP contribution in [0.2, 0.25) is 5.02 Å². The zero-order valence-corrected chi connectivity index (χ0v) is 16.0. The van der Waals surface area contributed by atoms with Gasteiger partial charge in [-0.25, -0.2) is 0 Å². The van der Waals surface area contributed by atoms with E-state index >= 15 is 0 Å². The summed E-state index contributed by atoms with van der Waals surface area (Å²) >= 11 is 6.46. The van der Waals surface area contributed by atoms with Crippen LogP contribution in [0.1, 0.15) is 25.3 Å². The Balaban J connectivity index is 2.27. The lowest BCUT2D eigenvalue weighted by Gasteiger charge is -2.48. The smallest absolute Gasteiger partial charge is 0.189 e. The third-order valence-electron chi connectivity index (χ3n) is 5.79. The molecule has 0 saturated heterocycles. The highest BCUT2D eigenvalue weighted by Gasteiger charge is 2.58. The molecule has 1 aliphatic heterocycles. The van der Waals surface area contributed by atoms with E-state index in [1.165, 1.54) is 0 Å². The summed E-state index contributed by atoms with van der Waals surface area (Å²) in [6.45, 7) is 5.50. The van der Waals surface area contributed by atoms with E-state index in [0.29, 0.717) is 23.7 Å². The Kier molecular flexibility index (Phi) is 5.07. The fourth-order valence-electron chi connectivity index (χ4n) is 4.32. The molecule has 3 atom stereocenters. The highest BCUT2D eigenvalue weighted by atomic mass is 35.5. The predicted molar refractivity (Wildman–Crippen MR) is 103 cm³/mol. The van der Waals surface area contributed by atoms with Gasteiger partial charge >= 0.3 is 0 Å². The van der Waals surface area contributed by atoms with Crippen molar-refractivity contribution in [2.45, 2.75) is 25.8 Å². The van der Waals surface area contributed by atoms with Crippen LogP contribution in [0.4, 0.5) is 0 Å². The van der Waals surface area contributed by atoms with E-state index in [1.54, 1.807) is 12.1 Å². The molecule has 0 radical (unpaired) electrons. The minimum atomic E-state index is -1.71. The number of fused-ring (bicyclic) bond motifs is 1. The van der Waals surface area contributed by atoms with Crippen LogP contribution in [0.25, 0.3) is 0 Å². The van der Waals surface area contributed by atoms with Gasteiger partial charge in [0.2, 0.25) is 0 Å². The number of nitrogens with one attached hydrogen (secondary N) is 1. The molecule has 3 rings (SSSR count). The molecule has 1 aromatic rings. The van der Waals surface area contributed by atoms with Crippen LogP contribution in [0.5, 0.6) is 0 Å². The molecule has 1 N–H and O–H groups in total. The number of nitrogens with zero attached hydrogens (tertiary/aromatic N) is 4. The summed E-state index contributed by atoms with van der Waals surface area (Å²) in [5.74, 6) is -1.66. The molecule has 2 aliphatic rings. The molecule has 27 heavy (non-hydrogen) atoms. The predicted octanol–water partition coefficient (Wildman–Crippen LogP) is 3.90.